The molecule has 0 atom stereocenters. The van der Waals surface area contributed by atoms with E-state index in [0.29, 0.717) is 35.0 Å². The standard InChI is InChI=1S/C23H22N4O3S2/c1-3-17-7-8-22(24-12-17)25-20-11-23(31-14-20)26-32(29,30)15-19-6-4-5-18-9-10-27(16(2)28)13-21(18)19/h1,4-8,11-12,14,26H,9-10,13,15H2,2H3,(H,24,25). The van der Waals surface area contributed by atoms with Gasteiger partial charge in [-0.25, -0.2) is 13.4 Å². The lowest BCUT2D eigenvalue weighted by Gasteiger charge is -2.29. The van der Waals surface area contributed by atoms with Crippen molar-refractivity contribution < 1.29 is 13.2 Å². The van der Waals surface area contributed by atoms with Crippen LogP contribution in [0.5, 0.6) is 0 Å². The Labute approximate surface area is 191 Å². The number of carbonyl (C=O) groups is 1. The Bertz CT molecular complexity index is 1290. The Morgan fingerprint density at radius 2 is 2.16 bits per heavy atom. The quantitative estimate of drug-likeness (QED) is 0.541. The molecule has 0 unspecified atom stereocenters. The molecule has 3 heterocycles. The van der Waals surface area contributed by atoms with Gasteiger partial charge in [0.05, 0.1) is 11.4 Å². The molecule has 7 nitrogen and oxygen atoms in total. The largest absolute Gasteiger partial charge is 0.339 e. The van der Waals surface area contributed by atoms with E-state index < -0.39 is 10.0 Å². The van der Waals surface area contributed by atoms with Crippen LogP contribution in [0.2, 0.25) is 0 Å². The Morgan fingerprint density at radius 1 is 1.31 bits per heavy atom. The van der Waals surface area contributed by atoms with Gasteiger partial charge in [0.25, 0.3) is 0 Å². The van der Waals surface area contributed by atoms with Gasteiger partial charge in [-0.2, -0.15) is 0 Å². The third-order valence-corrected chi connectivity index (χ3v) is 7.42. The average Bonchev–Trinajstić information content (AvgIpc) is 3.19. The second-order valence-electron chi connectivity index (χ2n) is 7.51. The van der Waals surface area contributed by atoms with E-state index in [9.17, 15) is 13.2 Å². The Balaban J connectivity index is 1.46. The van der Waals surface area contributed by atoms with Crippen molar-refractivity contribution in [3.63, 3.8) is 0 Å². The molecule has 0 saturated heterocycles. The minimum atomic E-state index is -3.64. The zero-order chi connectivity index (χ0) is 22.7. The number of fused-ring (bicyclic) bond motifs is 1. The molecule has 9 heteroatoms. The number of carbonyl (C=O) groups excluding carboxylic acids is 1. The molecule has 164 valence electrons. The van der Waals surface area contributed by atoms with Gasteiger partial charge in [0.15, 0.2) is 0 Å². The van der Waals surface area contributed by atoms with Gasteiger partial charge in [-0.05, 0) is 41.3 Å². The summed E-state index contributed by atoms with van der Waals surface area (Å²) in [6.45, 7) is 2.63. The van der Waals surface area contributed by atoms with Crippen LogP contribution < -0.4 is 10.0 Å². The van der Waals surface area contributed by atoms with Crippen LogP contribution in [0, 0.1) is 12.3 Å². The van der Waals surface area contributed by atoms with E-state index in [-0.39, 0.29) is 11.7 Å². The SMILES string of the molecule is C#Cc1ccc(Nc2csc(NS(=O)(=O)Cc3cccc4c3CN(C(C)=O)CC4)c2)nc1. The maximum absolute atomic E-state index is 12.9. The summed E-state index contributed by atoms with van der Waals surface area (Å²) >= 11 is 1.28. The number of nitrogens with one attached hydrogen (secondary N) is 2. The fourth-order valence-corrected chi connectivity index (χ4v) is 5.87. The van der Waals surface area contributed by atoms with Gasteiger partial charge < -0.3 is 10.2 Å². The molecule has 1 aromatic carbocycles. The van der Waals surface area contributed by atoms with Crippen molar-refractivity contribution in [3.05, 3.63) is 70.2 Å². The van der Waals surface area contributed by atoms with E-state index >= 15 is 0 Å². The average molecular weight is 467 g/mol. The number of terminal acetylenes is 1. The topological polar surface area (TPSA) is 91.4 Å². The molecule has 32 heavy (non-hydrogen) atoms. The molecule has 0 bridgehead atoms. The molecule has 0 aliphatic carbocycles. The lowest BCUT2D eigenvalue weighted by molar-refractivity contribution is -0.129. The monoisotopic (exact) mass is 466 g/mol. The summed E-state index contributed by atoms with van der Waals surface area (Å²) in [6, 6.07) is 10.9. The number of benzene rings is 1. The number of nitrogens with zero attached hydrogens (tertiary/aromatic N) is 2. The van der Waals surface area contributed by atoms with Crippen LogP contribution in [0.3, 0.4) is 0 Å². The van der Waals surface area contributed by atoms with Crippen molar-refractivity contribution in [2.75, 3.05) is 16.6 Å². The number of pyridine rings is 1. The minimum absolute atomic E-state index is 0.00605. The minimum Gasteiger partial charge on any atom is -0.339 e. The number of hydrogen-bond acceptors (Lipinski definition) is 6. The van der Waals surface area contributed by atoms with Gasteiger partial charge in [-0.1, -0.05) is 24.1 Å². The van der Waals surface area contributed by atoms with Gasteiger partial charge in [0.1, 0.15) is 10.8 Å². The molecule has 1 aliphatic rings. The Kier molecular flexibility index (Phi) is 6.17. The van der Waals surface area contributed by atoms with E-state index in [0.717, 1.165) is 23.2 Å². The van der Waals surface area contributed by atoms with Crippen LogP contribution >= 0.6 is 11.3 Å². The van der Waals surface area contributed by atoms with Crippen molar-refractivity contribution >= 4 is 43.8 Å². The first kappa shape index (κ1) is 21.9. The molecule has 3 aromatic rings. The number of anilines is 3. The predicted molar refractivity (Wildman–Crippen MR) is 127 cm³/mol. The van der Waals surface area contributed by atoms with E-state index in [1.807, 2.05) is 23.6 Å². The maximum atomic E-state index is 12.9. The predicted octanol–water partition coefficient (Wildman–Crippen LogP) is 3.71. The van der Waals surface area contributed by atoms with Gasteiger partial charge in [0, 0.05) is 37.2 Å². The van der Waals surface area contributed by atoms with E-state index in [1.165, 1.54) is 18.3 Å². The highest BCUT2D eigenvalue weighted by atomic mass is 32.2. The third-order valence-electron chi connectivity index (χ3n) is 5.22. The molecule has 2 aromatic heterocycles. The molecule has 0 spiro atoms. The Hall–Kier alpha value is -3.35. The molecule has 0 fully saturated rings. The fraction of sp³-hybridized carbons (Fsp3) is 0.217. The van der Waals surface area contributed by atoms with Crippen molar-refractivity contribution in [3.8, 4) is 12.3 Å². The maximum Gasteiger partial charge on any atom is 0.237 e. The summed E-state index contributed by atoms with van der Waals surface area (Å²) in [7, 11) is -3.64. The van der Waals surface area contributed by atoms with Crippen molar-refractivity contribution in [2.24, 2.45) is 0 Å². The first-order chi connectivity index (χ1) is 15.3. The van der Waals surface area contributed by atoms with Gasteiger partial charge >= 0.3 is 0 Å². The summed E-state index contributed by atoms with van der Waals surface area (Å²) in [4.78, 5) is 17.8. The summed E-state index contributed by atoms with van der Waals surface area (Å²) in [5, 5.41) is 5.44. The smallest absolute Gasteiger partial charge is 0.237 e. The summed E-state index contributed by atoms with van der Waals surface area (Å²) < 4.78 is 28.4. The first-order valence-electron chi connectivity index (χ1n) is 9.97. The molecule has 0 radical (unpaired) electrons. The third kappa shape index (κ3) is 5.10. The summed E-state index contributed by atoms with van der Waals surface area (Å²) in [5.74, 6) is 2.96. The zero-order valence-corrected chi connectivity index (χ0v) is 19.1. The van der Waals surface area contributed by atoms with Crippen LogP contribution in [0.4, 0.5) is 16.5 Å². The molecule has 1 aliphatic heterocycles. The van der Waals surface area contributed by atoms with Crippen molar-refractivity contribution in [1.82, 2.24) is 9.88 Å². The Morgan fingerprint density at radius 3 is 2.88 bits per heavy atom. The van der Waals surface area contributed by atoms with Crippen LogP contribution in [0.25, 0.3) is 0 Å². The molecule has 4 rings (SSSR count). The fourth-order valence-electron chi connectivity index (χ4n) is 3.60. The zero-order valence-electron chi connectivity index (χ0n) is 17.5. The highest BCUT2D eigenvalue weighted by molar-refractivity contribution is 7.92. The number of aromatic nitrogens is 1. The lowest BCUT2D eigenvalue weighted by Crippen LogP contribution is -2.35. The molecule has 0 saturated carbocycles. The highest BCUT2D eigenvalue weighted by Gasteiger charge is 2.23. The van der Waals surface area contributed by atoms with Crippen LogP contribution in [0.1, 0.15) is 29.2 Å². The van der Waals surface area contributed by atoms with Crippen LogP contribution in [0.15, 0.2) is 48.0 Å². The summed E-state index contributed by atoms with van der Waals surface area (Å²) in [6.07, 6.45) is 7.65. The van der Waals surface area contributed by atoms with E-state index in [2.05, 4.69) is 20.9 Å². The first-order valence-corrected chi connectivity index (χ1v) is 12.5. The number of thiophene rings is 1. The lowest BCUT2D eigenvalue weighted by atomic mass is 9.95. The number of rotatable bonds is 6. The number of amides is 1. The molecule has 1 amide bonds. The second kappa shape index (κ2) is 9.02. The van der Waals surface area contributed by atoms with Gasteiger partial charge in [-0.3, -0.25) is 9.52 Å². The van der Waals surface area contributed by atoms with Gasteiger partial charge in [0.2, 0.25) is 15.9 Å². The summed E-state index contributed by atoms with van der Waals surface area (Å²) in [5.41, 5.74) is 4.15. The van der Waals surface area contributed by atoms with E-state index in [4.69, 9.17) is 6.42 Å². The van der Waals surface area contributed by atoms with Crippen molar-refractivity contribution in [2.45, 2.75) is 25.6 Å². The second-order valence-corrected chi connectivity index (χ2v) is 10.1. The molecular weight excluding hydrogens is 444 g/mol. The van der Waals surface area contributed by atoms with Crippen molar-refractivity contribution in [1.29, 1.82) is 0 Å². The molecular formula is C23H22N4O3S2. The highest BCUT2D eigenvalue weighted by Crippen LogP contribution is 2.29. The van der Waals surface area contributed by atoms with Gasteiger partial charge in [-0.15, -0.1) is 17.8 Å². The normalized spacial score (nSPS) is 13.2. The number of sulfonamides is 1. The van der Waals surface area contributed by atoms with E-state index in [1.54, 1.807) is 29.3 Å². The molecule has 2 N–H and O–H groups in total. The number of hydrogen-bond donors (Lipinski definition) is 2. The van der Waals surface area contributed by atoms with Crippen LogP contribution in [-0.4, -0.2) is 30.8 Å². The van der Waals surface area contributed by atoms with Crippen LogP contribution in [-0.2, 0) is 33.5 Å².